The van der Waals surface area contributed by atoms with Crippen LogP contribution >= 0.6 is 0 Å². The summed E-state index contributed by atoms with van der Waals surface area (Å²) in [5.74, 6) is 0.804. The SMILES string of the molecule is Cc1cc(CNC2(C)CCS(=O)(=O)C2)cc(C)c1O. The van der Waals surface area contributed by atoms with E-state index in [2.05, 4.69) is 5.32 Å². The molecule has 0 radical (unpaired) electrons. The van der Waals surface area contributed by atoms with Gasteiger partial charge in [0.15, 0.2) is 9.84 Å². The first-order valence-electron chi connectivity index (χ1n) is 6.45. The van der Waals surface area contributed by atoms with Crippen molar-refractivity contribution in [2.75, 3.05) is 11.5 Å². The lowest BCUT2D eigenvalue weighted by atomic mass is 10.0. The van der Waals surface area contributed by atoms with E-state index in [4.69, 9.17) is 0 Å². The van der Waals surface area contributed by atoms with Crippen LogP contribution in [-0.2, 0) is 16.4 Å². The summed E-state index contributed by atoms with van der Waals surface area (Å²) in [6, 6.07) is 3.87. The molecule has 1 heterocycles. The highest BCUT2D eigenvalue weighted by molar-refractivity contribution is 7.91. The van der Waals surface area contributed by atoms with Gasteiger partial charge in [0.2, 0.25) is 0 Å². The Hall–Kier alpha value is -1.07. The summed E-state index contributed by atoms with van der Waals surface area (Å²) in [5.41, 5.74) is 2.43. The molecule has 0 bridgehead atoms. The number of hydrogen-bond acceptors (Lipinski definition) is 4. The Balaban J connectivity index is 2.08. The van der Waals surface area contributed by atoms with Crippen LogP contribution in [0.4, 0.5) is 0 Å². The minimum Gasteiger partial charge on any atom is -0.507 e. The maximum Gasteiger partial charge on any atom is 0.152 e. The highest BCUT2D eigenvalue weighted by atomic mass is 32.2. The highest BCUT2D eigenvalue weighted by Gasteiger charge is 2.37. The molecule has 1 unspecified atom stereocenters. The molecule has 0 aliphatic carbocycles. The van der Waals surface area contributed by atoms with Crippen molar-refractivity contribution in [1.29, 1.82) is 0 Å². The number of phenols is 1. The normalized spacial score (nSPS) is 25.6. The number of phenolic OH excluding ortho intramolecular Hbond substituents is 1. The van der Waals surface area contributed by atoms with Crippen molar-refractivity contribution in [2.45, 2.75) is 39.3 Å². The number of sulfone groups is 1. The van der Waals surface area contributed by atoms with E-state index in [1.54, 1.807) is 0 Å². The first-order valence-corrected chi connectivity index (χ1v) is 8.27. The average Bonchev–Trinajstić information content (AvgIpc) is 2.58. The highest BCUT2D eigenvalue weighted by Crippen LogP contribution is 2.25. The van der Waals surface area contributed by atoms with Crippen LogP contribution < -0.4 is 5.32 Å². The van der Waals surface area contributed by atoms with Gasteiger partial charge in [-0.05, 0) is 43.9 Å². The van der Waals surface area contributed by atoms with Crippen molar-refractivity contribution in [3.63, 3.8) is 0 Å². The summed E-state index contributed by atoms with van der Waals surface area (Å²) in [5, 5.41) is 13.1. The molecule has 5 heteroatoms. The molecule has 1 atom stereocenters. The summed E-state index contributed by atoms with van der Waals surface area (Å²) in [6.45, 7) is 6.31. The fourth-order valence-corrected chi connectivity index (χ4v) is 4.74. The molecular formula is C14H21NO3S. The van der Waals surface area contributed by atoms with Gasteiger partial charge in [0.25, 0.3) is 0 Å². The third kappa shape index (κ3) is 3.28. The number of nitrogens with one attached hydrogen (secondary N) is 1. The largest absolute Gasteiger partial charge is 0.507 e. The second kappa shape index (κ2) is 4.80. The lowest BCUT2D eigenvalue weighted by Gasteiger charge is -2.24. The van der Waals surface area contributed by atoms with E-state index in [1.165, 1.54) is 0 Å². The van der Waals surface area contributed by atoms with E-state index in [9.17, 15) is 13.5 Å². The van der Waals surface area contributed by atoms with E-state index in [0.29, 0.717) is 18.7 Å². The summed E-state index contributed by atoms with van der Waals surface area (Å²) < 4.78 is 23.1. The zero-order valence-electron chi connectivity index (χ0n) is 11.7. The Bertz CT molecular complexity index is 572. The minimum absolute atomic E-state index is 0.204. The fraction of sp³-hybridized carbons (Fsp3) is 0.571. The van der Waals surface area contributed by atoms with Gasteiger partial charge >= 0.3 is 0 Å². The summed E-state index contributed by atoms with van der Waals surface area (Å²) in [6.07, 6.45) is 0.658. The van der Waals surface area contributed by atoms with E-state index in [-0.39, 0.29) is 17.0 Å². The second-order valence-electron chi connectivity index (χ2n) is 5.83. The maximum absolute atomic E-state index is 11.5. The topological polar surface area (TPSA) is 66.4 Å². The van der Waals surface area contributed by atoms with Crippen molar-refractivity contribution >= 4 is 9.84 Å². The van der Waals surface area contributed by atoms with Crippen LogP contribution in [0.3, 0.4) is 0 Å². The fourth-order valence-electron chi connectivity index (χ4n) is 2.61. The van der Waals surface area contributed by atoms with Gasteiger partial charge < -0.3 is 10.4 Å². The van der Waals surface area contributed by atoms with Crippen molar-refractivity contribution in [1.82, 2.24) is 5.32 Å². The zero-order chi connectivity index (χ0) is 14.3. The van der Waals surface area contributed by atoms with E-state index in [0.717, 1.165) is 16.7 Å². The van der Waals surface area contributed by atoms with Gasteiger partial charge in [-0.1, -0.05) is 12.1 Å². The monoisotopic (exact) mass is 283 g/mol. The van der Waals surface area contributed by atoms with E-state index in [1.807, 2.05) is 32.9 Å². The number of rotatable bonds is 3. The molecule has 0 amide bonds. The second-order valence-corrected chi connectivity index (χ2v) is 8.02. The van der Waals surface area contributed by atoms with Gasteiger partial charge in [0, 0.05) is 12.1 Å². The van der Waals surface area contributed by atoms with Gasteiger partial charge in [-0.15, -0.1) is 0 Å². The molecule has 1 aromatic rings. The molecule has 4 nitrogen and oxygen atoms in total. The molecular weight excluding hydrogens is 262 g/mol. The van der Waals surface area contributed by atoms with Gasteiger partial charge in [-0.25, -0.2) is 8.42 Å². The molecule has 2 rings (SSSR count). The van der Waals surface area contributed by atoms with Crippen LogP contribution in [0.15, 0.2) is 12.1 Å². The molecule has 1 aliphatic rings. The van der Waals surface area contributed by atoms with Crippen LogP contribution in [0.1, 0.15) is 30.0 Å². The predicted octanol–water partition coefficient (Wildman–Crippen LogP) is 1.68. The molecule has 1 aliphatic heterocycles. The molecule has 1 fully saturated rings. The Labute approximate surface area is 114 Å². The maximum atomic E-state index is 11.5. The first-order chi connectivity index (χ1) is 8.71. The van der Waals surface area contributed by atoms with Gasteiger partial charge in [0.05, 0.1) is 11.5 Å². The summed E-state index contributed by atoms with van der Waals surface area (Å²) in [4.78, 5) is 0. The van der Waals surface area contributed by atoms with E-state index >= 15 is 0 Å². The summed E-state index contributed by atoms with van der Waals surface area (Å²) >= 11 is 0. The quantitative estimate of drug-likeness (QED) is 0.885. The van der Waals surface area contributed by atoms with Crippen molar-refractivity contribution in [3.8, 4) is 5.75 Å². The standard InChI is InChI=1S/C14H21NO3S/c1-10-6-12(7-11(2)13(10)16)8-15-14(3)4-5-19(17,18)9-14/h6-7,15-16H,4-5,8-9H2,1-3H3. The van der Waals surface area contributed by atoms with Gasteiger partial charge in [-0.3, -0.25) is 0 Å². The van der Waals surface area contributed by atoms with Crippen LogP contribution in [0.5, 0.6) is 5.75 Å². The molecule has 0 saturated carbocycles. The number of hydrogen-bond donors (Lipinski definition) is 2. The molecule has 106 valence electrons. The number of benzene rings is 1. The lowest BCUT2D eigenvalue weighted by Crippen LogP contribution is -2.42. The zero-order valence-corrected chi connectivity index (χ0v) is 12.5. The number of aromatic hydroxyl groups is 1. The van der Waals surface area contributed by atoms with Gasteiger partial charge in [0.1, 0.15) is 5.75 Å². The molecule has 0 aromatic heterocycles. The Morgan fingerprint density at radius 2 is 1.89 bits per heavy atom. The van der Waals surface area contributed by atoms with Crippen LogP contribution in [-0.4, -0.2) is 30.6 Å². The smallest absolute Gasteiger partial charge is 0.152 e. The molecule has 1 aromatic carbocycles. The first kappa shape index (κ1) is 14.3. The number of aryl methyl sites for hydroxylation is 2. The Morgan fingerprint density at radius 1 is 1.32 bits per heavy atom. The third-order valence-electron chi connectivity index (χ3n) is 3.77. The molecule has 2 N–H and O–H groups in total. The molecule has 0 spiro atoms. The average molecular weight is 283 g/mol. The lowest BCUT2D eigenvalue weighted by molar-refractivity contribution is 0.395. The van der Waals surface area contributed by atoms with Crippen LogP contribution in [0.25, 0.3) is 0 Å². The predicted molar refractivity (Wildman–Crippen MR) is 76.1 cm³/mol. The van der Waals surface area contributed by atoms with Crippen LogP contribution in [0, 0.1) is 13.8 Å². The van der Waals surface area contributed by atoms with E-state index < -0.39 is 9.84 Å². The van der Waals surface area contributed by atoms with Crippen LogP contribution in [0.2, 0.25) is 0 Å². The van der Waals surface area contributed by atoms with Crippen molar-refractivity contribution in [2.24, 2.45) is 0 Å². The Morgan fingerprint density at radius 3 is 2.37 bits per heavy atom. The van der Waals surface area contributed by atoms with Crippen molar-refractivity contribution in [3.05, 3.63) is 28.8 Å². The third-order valence-corrected chi connectivity index (χ3v) is 5.68. The molecule has 19 heavy (non-hydrogen) atoms. The minimum atomic E-state index is -2.88. The van der Waals surface area contributed by atoms with Crippen molar-refractivity contribution < 1.29 is 13.5 Å². The Kier molecular flexibility index (Phi) is 3.62. The molecule has 1 saturated heterocycles. The summed E-state index contributed by atoms with van der Waals surface area (Å²) in [7, 11) is -2.88. The van der Waals surface area contributed by atoms with Gasteiger partial charge in [-0.2, -0.15) is 0 Å².